The first kappa shape index (κ1) is 16.2. The first-order valence-corrected chi connectivity index (χ1v) is 8.75. The Labute approximate surface area is 143 Å². The predicted molar refractivity (Wildman–Crippen MR) is 96.1 cm³/mol. The van der Waals surface area contributed by atoms with E-state index < -0.39 is 0 Å². The average molecular weight is 348 g/mol. The van der Waals surface area contributed by atoms with Crippen LogP contribution in [0.15, 0.2) is 40.5 Å². The Morgan fingerprint density at radius 1 is 1.35 bits per heavy atom. The molecule has 2 heterocycles. The molecule has 0 spiro atoms. The number of hydrogen-bond donors (Lipinski definition) is 2. The van der Waals surface area contributed by atoms with Crippen LogP contribution in [-0.4, -0.2) is 9.97 Å². The second-order valence-electron chi connectivity index (χ2n) is 5.79. The van der Waals surface area contributed by atoms with E-state index in [1.54, 1.807) is 29.5 Å². The SMILES string of the molecule is CC(C)C(NCc1nc2cc(Cl)ccc2c(=O)[nH]1)c1cccs1. The standard InChI is InChI=1S/C17H18ClN3OS/c1-10(2)16(14-4-3-7-23-14)19-9-15-20-13-8-11(18)5-6-12(13)17(22)21-15/h3-8,10,16,19H,9H2,1-2H3,(H,20,21,22). The summed E-state index contributed by atoms with van der Waals surface area (Å²) < 4.78 is 0. The highest BCUT2D eigenvalue weighted by Gasteiger charge is 2.16. The number of halogens is 1. The molecule has 0 radical (unpaired) electrons. The van der Waals surface area contributed by atoms with E-state index in [2.05, 4.69) is 46.6 Å². The topological polar surface area (TPSA) is 57.8 Å². The van der Waals surface area contributed by atoms with Gasteiger partial charge in [-0.1, -0.05) is 31.5 Å². The van der Waals surface area contributed by atoms with E-state index in [0.29, 0.717) is 34.2 Å². The van der Waals surface area contributed by atoms with Crippen molar-refractivity contribution >= 4 is 33.8 Å². The highest BCUT2D eigenvalue weighted by molar-refractivity contribution is 7.10. The summed E-state index contributed by atoms with van der Waals surface area (Å²) in [5.74, 6) is 1.06. The minimum Gasteiger partial charge on any atom is -0.309 e. The van der Waals surface area contributed by atoms with Crippen LogP contribution in [0.4, 0.5) is 0 Å². The minimum atomic E-state index is -0.138. The molecule has 3 rings (SSSR count). The smallest absolute Gasteiger partial charge is 0.258 e. The molecular weight excluding hydrogens is 330 g/mol. The molecule has 2 N–H and O–H groups in total. The number of nitrogens with zero attached hydrogens (tertiary/aromatic N) is 1. The third kappa shape index (κ3) is 3.63. The number of aromatic nitrogens is 2. The van der Waals surface area contributed by atoms with Gasteiger partial charge < -0.3 is 10.3 Å². The van der Waals surface area contributed by atoms with Crippen molar-refractivity contribution in [1.82, 2.24) is 15.3 Å². The van der Waals surface area contributed by atoms with Gasteiger partial charge in [-0.05, 0) is 35.6 Å². The zero-order chi connectivity index (χ0) is 16.4. The van der Waals surface area contributed by atoms with Crippen LogP contribution in [0.25, 0.3) is 10.9 Å². The van der Waals surface area contributed by atoms with Crippen LogP contribution < -0.4 is 10.9 Å². The van der Waals surface area contributed by atoms with Crippen molar-refractivity contribution in [3.8, 4) is 0 Å². The lowest BCUT2D eigenvalue weighted by molar-refractivity contribution is 0.411. The Kier molecular flexibility index (Phi) is 4.80. The van der Waals surface area contributed by atoms with Gasteiger partial charge in [-0.15, -0.1) is 11.3 Å². The van der Waals surface area contributed by atoms with Gasteiger partial charge in [0.2, 0.25) is 0 Å². The second-order valence-corrected chi connectivity index (χ2v) is 7.21. The molecule has 120 valence electrons. The van der Waals surface area contributed by atoms with E-state index in [1.807, 2.05) is 0 Å². The summed E-state index contributed by atoms with van der Waals surface area (Å²) in [4.78, 5) is 20.8. The zero-order valence-corrected chi connectivity index (χ0v) is 14.5. The molecule has 6 heteroatoms. The molecule has 1 aromatic carbocycles. The average Bonchev–Trinajstić information content (AvgIpc) is 3.00. The highest BCUT2D eigenvalue weighted by atomic mass is 35.5. The Balaban J connectivity index is 1.85. The fourth-order valence-corrected chi connectivity index (χ4v) is 3.72. The van der Waals surface area contributed by atoms with E-state index in [0.717, 1.165) is 0 Å². The van der Waals surface area contributed by atoms with Crippen LogP contribution in [0.1, 0.15) is 30.6 Å². The molecular formula is C17H18ClN3OS. The van der Waals surface area contributed by atoms with E-state index in [9.17, 15) is 4.79 Å². The summed E-state index contributed by atoms with van der Waals surface area (Å²) >= 11 is 7.72. The van der Waals surface area contributed by atoms with Crippen molar-refractivity contribution in [3.05, 3.63) is 61.8 Å². The third-order valence-electron chi connectivity index (χ3n) is 3.72. The van der Waals surface area contributed by atoms with E-state index in [1.165, 1.54) is 4.88 Å². The fraction of sp³-hybridized carbons (Fsp3) is 0.294. The molecule has 0 aliphatic carbocycles. The Morgan fingerprint density at radius 2 is 2.17 bits per heavy atom. The molecule has 23 heavy (non-hydrogen) atoms. The lowest BCUT2D eigenvalue weighted by Gasteiger charge is -2.21. The number of H-pyrrole nitrogens is 1. The van der Waals surface area contributed by atoms with Gasteiger partial charge in [0.15, 0.2) is 0 Å². The van der Waals surface area contributed by atoms with E-state index in [-0.39, 0.29) is 11.6 Å². The maximum atomic E-state index is 12.2. The summed E-state index contributed by atoms with van der Waals surface area (Å²) in [6, 6.07) is 9.52. The maximum absolute atomic E-state index is 12.2. The molecule has 0 fully saturated rings. The quantitative estimate of drug-likeness (QED) is 0.729. The van der Waals surface area contributed by atoms with Gasteiger partial charge in [0.25, 0.3) is 5.56 Å². The number of thiophene rings is 1. The molecule has 1 atom stereocenters. The van der Waals surface area contributed by atoms with Crippen LogP contribution >= 0.6 is 22.9 Å². The predicted octanol–water partition coefficient (Wildman–Crippen LogP) is 4.12. The Morgan fingerprint density at radius 3 is 2.87 bits per heavy atom. The van der Waals surface area contributed by atoms with Gasteiger partial charge in [0.05, 0.1) is 17.4 Å². The van der Waals surface area contributed by atoms with Crippen LogP contribution in [-0.2, 0) is 6.54 Å². The van der Waals surface area contributed by atoms with Gasteiger partial charge in [-0.2, -0.15) is 0 Å². The fourth-order valence-electron chi connectivity index (χ4n) is 2.58. The molecule has 0 aliphatic heterocycles. The van der Waals surface area contributed by atoms with Crippen molar-refractivity contribution in [2.75, 3.05) is 0 Å². The van der Waals surface area contributed by atoms with Crippen molar-refractivity contribution in [2.45, 2.75) is 26.4 Å². The lowest BCUT2D eigenvalue weighted by atomic mass is 10.0. The third-order valence-corrected chi connectivity index (χ3v) is 4.91. The van der Waals surface area contributed by atoms with Gasteiger partial charge in [0, 0.05) is 15.9 Å². The summed E-state index contributed by atoms with van der Waals surface area (Å²) in [5, 5.41) is 6.69. The van der Waals surface area contributed by atoms with E-state index >= 15 is 0 Å². The number of benzene rings is 1. The summed E-state index contributed by atoms with van der Waals surface area (Å²) in [5.41, 5.74) is 0.482. The molecule has 1 unspecified atom stereocenters. The first-order chi connectivity index (χ1) is 11.0. The molecule has 0 bridgehead atoms. The monoisotopic (exact) mass is 347 g/mol. The van der Waals surface area contributed by atoms with Crippen LogP contribution in [0.2, 0.25) is 5.02 Å². The number of hydrogen-bond acceptors (Lipinski definition) is 4. The molecule has 0 saturated heterocycles. The van der Waals surface area contributed by atoms with Gasteiger partial charge in [-0.25, -0.2) is 4.98 Å². The van der Waals surface area contributed by atoms with Crippen molar-refractivity contribution in [1.29, 1.82) is 0 Å². The van der Waals surface area contributed by atoms with Crippen LogP contribution in [0.3, 0.4) is 0 Å². The first-order valence-electron chi connectivity index (χ1n) is 7.50. The molecule has 3 aromatic rings. The summed E-state index contributed by atoms with van der Waals surface area (Å²) in [6.45, 7) is 4.85. The highest BCUT2D eigenvalue weighted by Crippen LogP contribution is 2.26. The van der Waals surface area contributed by atoms with Crippen molar-refractivity contribution in [3.63, 3.8) is 0 Å². The number of rotatable bonds is 5. The molecule has 2 aromatic heterocycles. The summed E-state index contributed by atoms with van der Waals surface area (Å²) in [7, 11) is 0. The van der Waals surface area contributed by atoms with E-state index in [4.69, 9.17) is 11.6 Å². The summed E-state index contributed by atoms with van der Waals surface area (Å²) in [6.07, 6.45) is 0. The maximum Gasteiger partial charge on any atom is 0.258 e. The largest absolute Gasteiger partial charge is 0.309 e. The van der Waals surface area contributed by atoms with Gasteiger partial charge in [-0.3, -0.25) is 4.79 Å². The molecule has 0 aliphatic rings. The molecule has 4 nitrogen and oxygen atoms in total. The normalized spacial score (nSPS) is 12.9. The van der Waals surface area contributed by atoms with Crippen LogP contribution in [0.5, 0.6) is 0 Å². The second kappa shape index (κ2) is 6.83. The Hall–Kier alpha value is -1.69. The zero-order valence-electron chi connectivity index (χ0n) is 13.0. The lowest BCUT2D eigenvalue weighted by Crippen LogP contribution is -2.26. The Bertz CT molecular complexity index is 858. The van der Waals surface area contributed by atoms with Crippen molar-refractivity contribution < 1.29 is 0 Å². The molecule has 0 saturated carbocycles. The van der Waals surface area contributed by atoms with Gasteiger partial charge >= 0.3 is 0 Å². The minimum absolute atomic E-state index is 0.138. The van der Waals surface area contributed by atoms with Gasteiger partial charge in [0.1, 0.15) is 5.82 Å². The molecule has 0 amide bonds. The number of nitrogens with one attached hydrogen (secondary N) is 2. The van der Waals surface area contributed by atoms with Crippen molar-refractivity contribution in [2.24, 2.45) is 5.92 Å². The number of aromatic amines is 1. The number of fused-ring (bicyclic) bond motifs is 1. The van der Waals surface area contributed by atoms with Crippen LogP contribution in [0, 0.1) is 5.92 Å².